The molecule has 0 aliphatic carbocycles. The topological polar surface area (TPSA) is 55.5 Å². The molecule has 2 rings (SSSR count). The average Bonchev–Trinajstić information content (AvgIpc) is 2.47. The molecule has 3 nitrogen and oxygen atoms in total. The van der Waals surface area contributed by atoms with Gasteiger partial charge >= 0.3 is 0 Å². The van der Waals surface area contributed by atoms with Crippen LogP contribution in [0.5, 0.6) is 5.75 Å². The van der Waals surface area contributed by atoms with E-state index in [1.54, 1.807) is 6.07 Å². The monoisotopic (exact) mass is 289 g/mol. The van der Waals surface area contributed by atoms with E-state index in [4.69, 9.17) is 10.5 Å². The van der Waals surface area contributed by atoms with Crippen molar-refractivity contribution < 1.29 is 14.2 Å². The minimum absolute atomic E-state index is 0.229. The number of hydrogen-bond donors (Lipinski definition) is 2. The van der Waals surface area contributed by atoms with E-state index in [-0.39, 0.29) is 18.0 Å². The van der Waals surface area contributed by atoms with Gasteiger partial charge in [0.15, 0.2) is 0 Å². The smallest absolute Gasteiger partial charge is 0.132 e. The predicted octanol–water partition coefficient (Wildman–Crippen LogP) is 2.92. The van der Waals surface area contributed by atoms with Crippen LogP contribution < -0.4 is 10.5 Å². The summed E-state index contributed by atoms with van der Waals surface area (Å²) in [6.45, 7) is 2.20. The van der Waals surface area contributed by atoms with Crippen LogP contribution in [0.4, 0.5) is 4.39 Å². The van der Waals surface area contributed by atoms with Crippen molar-refractivity contribution in [1.82, 2.24) is 0 Å². The van der Waals surface area contributed by atoms with Gasteiger partial charge in [-0.1, -0.05) is 29.8 Å². The maximum atomic E-state index is 14.1. The van der Waals surface area contributed by atoms with Crippen LogP contribution in [0.1, 0.15) is 28.7 Å². The molecule has 0 aliphatic rings. The highest BCUT2D eigenvalue weighted by molar-refractivity contribution is 5.34. The Morgan fingerprint density at radius 1 is 1.24 bits per heavy atom. The summed E-state index contributed by atoms with van der Waals surface area (Å²) in [4.78, 5) is 0. The Morgan fingerprint density at radius 3 is 2.57 bits per heavy atom. The van der Waals surface area contributed by atoms with Crippen molar-refractivity contribution in [2.45, 2.75) is 18.9 Å². The zero-order valence-corrected chi connectivity index (χ0v) is 12.2. The van der Waals surface area contributed by atoms with Gasteiger partial charge in [-0.2, -0.15) is 0 Å². The first-order chi connectivity index (χ1) is 10.1. The summed E-state index contributed by atoms with van der Waals surface area (Å²) >= 11 is 0. The number of ether oxygens (including phenoxy) is 1. The van der Waals surface area contributed by atoms with Crippen LogP contribution in [0.2, 0.25) is 0 Å². The molecule has 2 atom stereocenters. The van der Waals surface area contributed by atoms with E-state index in [1.807, 2.05) is 31.2 Å². The van der Waals surface area contributed by atoms with Gasteiger partial charge in [0.25, 0.3) is 0 Å². The second-order valence-corrected chi connectivity index (χ2v) is 5.09. The molecule has 2 aromatic rings. The third-order valence-corrected chi connectivity index (χ3v) is 3.63. The molecule has 0 aromatic heterocycles. The lowest BCUT2D eigenvalue weighted by Crippen LogP contribution is -2.21. The third-order valence-electron chi connectivity index (χ3n) is 3.63. The standard InChI is InChI=1S/C17H20FNO2/c1-11-4-3-5-12(8-11)15(10-19)17(20)14-7-6-13(21-2)9-16(14)18/h3-9,15,17,20H,10,19H2,1-2H3. The first kappa shape index (κ1) is 15.5. The van der Waals surface area contributed by atoms with Crippen molar-refractivity contribution in [3.8, 4) is 5.75 Å². The van der Waals surface area contributed by atoms with E-state index >= 15 is 0 Å². The van der Waals surface area contributed by atoms with Gasteiger partial charge in [-0.25, -0.2) is 4.39 Å². The Labute approximate surface area is 124 Å². The van der Waals surface area contributed by atoms with E-state index in [2.05, 4.69) is 0 Å². The average molecular weight is 289 g/mol. The van der Waals surface area contributed by atoms with Gasteiger partial charge in [-0.05, 0) is 24.6 Å². The highest BCUT2D eigenvalue weighted by Gasteiger charge is 2.24. The minimum Gasteiger partial charge on any atom is -0.497 e. The number of benzene rings is 2. The summed E-state index contributed by atoms with van der Waals surface area (Å²) in [7, 11) is 1.47. The normalized spacial score (nSPS) is 13.8. The summed E-state index contributed by atoms with van der Waals surface area (Å²) in [5.74, 6) is -0.427. The molecule has 0 radical (unpaired) electrons. The molecule has 0 fully saturated rings. The fourth-order valence-corrected chi connectivity index (χ4v) is 2.44. The Morgan fingerprint density at radius 2 is 2.00 bits per heavy atom. The van der Waals surface area contributed by atoms with Crippen molar-refractivity contribution in [2.75, 3.05) is 13.7 Å². The molecule has 0 amide bonds. The highest BCUT2D eigenvalue weighted by Crippen LogP contribution is 2.33. The Kier molecular flexibility index (Phi) is 4.94. The number of methoxy groups -OCH3 is 1. The third kappa shape index (κ3) is 3.40. The first-order valence-corrected chi connectivity index (χ1v) is 6.85. The van der Waals surface area contributed by atoms with Crippen LogP contribution >= 0.6 is 0 Å². The van der Waals surface area contributed by atoms with Crippen LogP contribution in [0, 0.1) is 12.7 Å². The molecular weight excluding hydrogens is 269 g/mol. The van der Waals surface area contributed by atoms with Gasteiger partial charge in [-0.3, -0.25) is 0 Å². The zero-order chi connectivity index (χ0) is 15.4. The van der Waals surface area contributed by atoms with Gasteiger partial charge in [0.05, 0.1) is 13.2 Å². The molecule has 0 saturated carbocycles. The maximum absolute atomic E-state index is 14.1. The van der Waals surface area contributed by atoms with E-state index in [9.17, 15) is 9.50 Å². The van der Waals surface area contributed by atoms with Crippen molar-refractivity contribution in [2.24, 2.45) is 5.73 Å². The number of halogens is 1. The second-order valence-electron chi connectivity index (χ2n) is 5.09. The number of aliphatic hydroxyl groups is 1. The van der Waals surface area contributed by atoms with Crippen LogP contribution in [-0.4, -0.2) is 18.8 Å². The van der Waals surface area contributed by atoms with Gasteiger partial charge in [-0.15, -0.1) is 0 Å². The molecular formula is C17H20FNO2. The lowest BCUT2D eigenvalue weighted by Gasteiger charge is -2.23. The molecule has 2 unspecified atom stereocenters. The van der Waals surface area contributed by atoms with Gasteiger partial charge in [0.2, 0.25) is 0 Å². The van der Waals surface area contributed by atoms with Crippen molar-refractivity contribution in [3.05, 3.63) is 65.0 Å². The van der Waals surface area contributed by atoms with Crippen LogP contribution in [0.3, 0.4) is 0 Å². The summed E-state index contributed by atoms with van der Waals surface area (Å²) < 4.78 is 19.1. The van der Waals surface area contributed by atoms with E-state index in [1.165, 1.54) is 19.2 Å². The molecule has 4 heteroatoms. The molecule has 0 aliphatic heterocycles. The van der Waals surface area contributed by atoms with Gasteiger partial charge in [0.1, 0.15) is 11.6 Å². The summed E-state index contributed by atoms with van der Waals surface area (Å²) in [5, 5.41) is 10.5. The number of rotatable bonds is 5. The maximum Gasteiger partial charge on any atom is 0.132 e. The largest absolute Gasteiger partial charge is 0.497 e. The Bertz CT molecular complexity index is 615. The molecule has 0 heterocycles. The molecule has 3 N–H and O–H groups in total. The van der Waals surface area contributed by atoms with Crippen LogP contribution in [0.25, 0.3) is 0 Å². The summed E-state index contributed by atoms with van der Waals surface area (Å²) in [5.41, 5.74) is 8.00. The quantitative estimate of drug-likeness (QED) is 0.890. The SMILES string of the molecule is COc1ccc(C(O)C(CN)c2cccc(C)c2)c(F)c1. The molecule has 2 aromatic carbocycles. The van der Waals surface area contributed by atoms with E-state index in [0.717, 1.165) is 11.1 Å². The van der Waals surface area contributed by atoms with Gasteiger partial charge in [0, 0.05) is 24.1 Å². The number of aryl methyl sites for hydroxylation is 1. The number of nitrogens with two attached hydrogens (primary N) is 1. The highest BCUT2D eigenvalue weighted by atomic mass is 19.1. The zero-order valence-electron chi connectivity index (χ0n) is 12.2. The molecule has 112 valence electrons. The fourth-order valence-electron chi connectivity index (χ4n) is 2.44. The predicted molar refractivity (Wildman–Crippen MR) is 80.9 cm³/mol. The molecule has 0 bridgehead atoms. The van der Waals surface area contributed by atoms with Crippen molar-refractivity contribution in [1.29, 1.82) is 0 Å². The number of aliphatic hydroxyl groups excluding tert-OH is 1. The fraction of sp³-hybridized carbons (Fsp3) is 0.294. The van der Waals surface area contributed by atoms with Crippen LogP contribution in [0.15, 0.2) is 42.5 Å². The molecule has 0 saturated heterocycles. The van der Waals surface area contributed by atoms with Gasteiger partial charge < -0.3 is 15.6 Å². The summed E-state index contributed by atoms with van der Waals surface area (Å²) in [6, 6.07) is 12.2. The lowest BCUT2D eigenvalue weighted by atomic mass is 9.88. The van der Waals surface area contributed by atoms with E-state index in [0.29, 0.717) is 5.75 Å². The Hall–Kier alpha value is -1.91. The first-order valence-electron chi connectivity index (χ1n) is 6.85. The van der Waals surface area contributed by atoms with Crippen molar-refractivity contribution in [3.63, 3.8) is 0 Å². The van der Waals surface area contributed by atoms with Crippen molar-refractivity contribution >= 4 is 0 Å². The summed E-state index contributed by atoms with van der Waals surface area (Å²) in [6.07, 6.45) is -0.997. The molecule has 21 heavy (non-hydrogen) atoms. The Balaban J connectivity index is 2.34. The number of hydrogen-bond acceptors (Lipinski definition) is 3. The van der Waals surface area contributed by atoms with Crippen LogP contribution in [-0.2, 0) is 0 Å². The second kappa shape index (κ2) is 6.70. The molecule has 0 spiro atoms. The van der Waals surface area contributed by atoms with E-state index < -0.39 is 11.9 Å². The lowest BCUT2D eigenvalue weighted by molar-refractivity contribution is 0.143. The minimum atomic E-state index is -0.997.